The van der Waals surface area contributed by atoms with Crippen LogP contribution in [0.3, 0.4) is 0 Å². The van der Waals surface area contributed by atoms with Crippen LogP contribution < -0.4 is 24.3 Å². The summed E-state index contributed by atoms with van der Waals surface area (Å²) >= 11 is 0. The largest absolute Gasteiger partial charge is 0.493 e. The Morgan fingerprint density at radius 1 is 0.833 bits per heavy atom. The molecular weight excluding hydrogens is 460 g/mol. The smallest absolute Gasteiger partial charge is 0.343 e. The molecule has 0 saturated heterocycles. The Morgan fingerprint density at radius 2 is 1.50 bits per heavy atom. The Balaban J connectivity index is 1.81. The number of nitriles is 1. The SMILES string of the molecule is COc1ccc(C(=O)Oc2ccc(/C=C(\C#N)C(=O)Nc3ccc(C)cc3C)cc2OC)cc1OC. The summed E-state index contributed by atoms with van der Waals surface area (Å²) in [6, 6.07) is 16.9. The maximum absolute atomic E-state index is 12.7. The molecule has 8 heteroatoms. The quantitative estimate of drug-likeness (QED) is 0.204. The molecule has 0 spiro atoms. The number of anilines is 1. The summed E-state index contributed by atoms with van der Waals surface area (Å²) in [5.41, 5.74) is 3.27. The van der Waals surface area contributed by atoms with E-state index in [2.05, 4.69) is 5.32 Å². The number of rotatable bonds is 8. The van der Waals surface area contributed by atoms with Crippen molar-refractivity contribution in [2.45, 2.75) is 13.8 Å². The van der Waals surface area contributed by atoms with Crippen molar-refractivity contribution in [3.05, 3.63) is 82.4 Å². The number of nitrogens with zero attached hydrogens (tertiary/aromatic N) is 1. The van der Waals surface area contributed by atoms with E-state index in [1.807, 2.05) is 32.0 Å². The Morgan fingerprint density at radius 3 is 2.14 bits per heavy atom. The zero-order valence-electron chi connectivity index (χ0n) is 20.7. The van der Waals surface area contributed by atoms with Gasteiger partial charge in [0.05, 0.1) is 26.9 Å². The van der Waals surface area contributed by atoms with Gasteiger partial charge in [0.15, 0.2) is 23.0 Å². The highest BCUT2D eigenvalue weighted by Crippen LogP contribution is 2.32. The summed E-state index contributed by atoms with van der Waals surface area (Å²) in [6.07, 6.45) is 1.43. The number of hydrogen-bond acceptors (Lipinski definition) is 7. The highest BCUT2D eigenvalue weighted by Gasteiger charge is 2.16. The summed E-state index contributed by atoms with van der Waals surface area (Å²) in [4.78, 5) is 25.4. The average Bonchev–Trinajstić information content (AvgIpc) is 2.88. The number of esters is 1. The second-order valence-corrected chi connectivity index (χ2v) is 7.81. The van der Waals surface area contributed by atoms with Gasteiger partial charge in [-0.15, -0.1) is 0 Å². The average molecular weight is 487 g/mol. The number of ether oxygens (including phenoxy) is 4. The number of nitrogens with one attached hydrogen (secondary N) is 1. The third kappa shape index (κ3) is 6.02. The van der Waals surface area contributed by atoms with E-state index in [1.54, 1.807) is 30.3 Å². The molecule has 8 nitrogen and oxygen atoms in total. The lowest BCUT2D eigenvalue weighted by atomic mass is 10.1. The predicted octanol–water partition coefficient (Wildman–Crippen LogP) is 5.09. The monoisotopic (exact) mass is 486 g/mol. The highest BCUT2D eigenvalue weighted by molar-refractivity contribution is 6.10. The van der Waals surface area contributed by atoms with Crippen molar-refractivity contribution in [2.24, 2.45) is 0 Å². The van der Waals surface area contributed by atoms with Crippen molar-refractivity contribution >= 4 is 23.6 Å². The molecule has 0 bridgehead atoms. The van der Waals surface area contributed by atoms with Crippen LogP contribution in [0.1, 0.15) is 27.0 Å². The van der Waals surface area contributed by atoms with E-state index in [9.17, 15) is 14.9 Å². The van der Waals surface area contributed by atoms with Gasteiger partial charge in [-0.2, -0.15) is 5.26 Å². The lowest BCUT2D eigenvalue weighted by molar-refractivity contribution is -0.112. The van der Waals surface area contributed by atoms with Crippen LogP contribution in [-0.2, 0) is 4.79 Å². The molecule has 0 atom stereocenters. The van der Waals surface area contributed by atoms with Gasteiger partial charge in [-0.25, -0.2) is 4.79 Å². The van der Waals surface area contributed by atoms with Crippen LogP contribution in [-0.4, -0.2) is 33.2 Å². The first-order valence-corrected chi connectivity index (χ1v) is 10.9. The van der Waals surface area contributed by atoms with Gasteiger partial charge in [0.25, 0.3) is 5.91 Å². The minimum absolute atomic E-state index is 0.0906. The van der Waals surface area contributed by atoms with Gasteiger partial charge in [0.2, 0.25) is 0 Å². The maximum Gasteiger partial charge on any atom is 0.343 e. The summed E-state index contributed by atoms with van der Waals surface area (Å²) in [5, 5.41) is 12.3. The van der Waals surface area contributed by atoms with E-state index < -0.39 is 11.9 Å². The fourth-order valence-corrected chi connectivity index (χ4v) is 3.44. The summed E-state index contributed by atoms with van der Waals surface area (Å²) in [6.45, 7) is 3.84. The van der Waals surface area contributed by atoms with E-state index in [1.165, 1.54) is 39.5 Å². The lowest BCUT2D eigenvalue weighted by Crippen LogP contribution is -2.14. The van der Waals surface area contributed by atoms with E-state index in [0.29, 0.717) is 22.7 Å². The van der Waals surface area contributed by atoms with Gasteiger partial charge in [-0.1, -0.05) is 23.8 Å². The molecule has 36 heavy (non-hydrogen) atoms. The number of carbonyl (C=O) groups is 2. The van der Waals surface area contributed by atoms with Crippen molar-refractivity contribution in [2.75, 3.05) is 26.6 Å². The van der Waals surface area contributed by atoms with Crippen LogP contribution in [0.25, 0.3) is 6.08 Å². The van der Waals surface area contributed by atoms with Crippen LogP contribution in [0.5, 0.6) is 23.0 Å². The van der Waals surface area contributed by atoms with Gasteiger partial charge in [-0.05, 0) is 67.4 Å². The molecule has 3 aromatic carbocycles. The number of carbonyl (C=O) groups excluding carboxylic acids is 2. The first kappa shape index (κ1) is 25.8. The van der Waals surface area contributed by atoms with Crippen molar-refractivity contribution in [3.8, 4) is 29.1 Å². The summed E-state index contributed by atoms with van der Waals surface area (Å²) in [5.74, 6) is 0.146. The van der Waals surface area contributed by atoms with Gasteiger partial charge in [-0.3, -0.25) is 4.79 Å². The fraction of sp³-hybridized carbons (Fsp3) is 0.179. The second kappa shape index (κ2) is 11.6. The molecule has 0 saturated carbocycles. The molecular formula is C28H26N2O6. The minimum atomic E-state index is -0.622. The summed E-state index contributed by atoms with van der Waals surface area (Å²) < 4.78 is 21.3. The molecule has 0 heterocycles. The van der Waals surface area contributed by atoms with Crippen molar-refractivity contribution in [1.82, 2.24) is 0 Å². The highest BCUT2D eigenvalue weighted by atomic mass is 16.6. The van der Waals surface area contributed by atoms with Crippen molar-refractivity contribution in [1.29, 1.82) is 5.26 Å². The van der Waals surface area contributed by atoms with Crippen molar-refractivity contribution in [3.63, 3.8) is 0 Å². The Labute approximate surface area is 209 Å². The minimum Gasteiger partial charge on any atom is -0.493 e. The number of amides is 1. The molecule has 0 aliphatic carbocycles. The molecule has 0 fully saturated rings. The standard InChI is InChI=1S/C28H26N2O6/c1-17-6-9-22(18(2)12-17)30-27(31)21(16-29)13-19-7-10-24(25(14-19)34-4)36-28(32)20-8-11-23(33-3)26(15-20)35-5/h6-15H,1-5H3,(H,30,31)/b21-13+. The van der Waals surface area contributed by atoms with E-state index >= 15 is 0 Å². The molecule has 3 aromatic rings. The van der Waals surface area contributed by atoms with Crippen LogP contribution >= 0.6 is 0 Å². The van der Waals surface area contributed by atoms with Crippen LogP contribution in [0, 0.1) is 25.2 Å². The first-order chi connectivity index (χ1) is 17.3. The predicted molar refractivity (Wildman–Crippen MR) is 136 cm³/mol. The normalized spacial score (nSPS) is 10.7. The number of methoxy groups -OCH3 is 3. The van der Waals surface area contributed by atoms with Gasteiger partial charge in [0, 0.05) is 5.69 Å². The van der Waals surface area contributed by atoms with Gasteiger partial charge in [0.1, 0.15) is 11.6 Å². The second-order valence-electron chi connectivity index (χ2n) is 7.81. The molecule has 3 rings (SSSR count). The molecule has 0 radical (unpaired) electrons. The van der Waals surface area contributed by atoms with Crippen LogP contribution in [0.2, 0.25) is 0 Å². The van der Waals surface area contributed by atoms with E-state index in [4.69, 9.17) is 18.9 Å². The molecule has 0 aromatic heterocycles. The zero-order chi connectivity index (χ0) is 26.2. The topological polar surface area (TPSA) is 107 Å². The molecule has 184 valence electrons. The van der Waals surface area contributed by atoms with Crippen molar-refractivity contribution < 1.29 is 28.5 Å². The molecule has 0 aliphatic heterocycles. The molecule has 0 aliphatic rings. The fourth-order valence-electron chi connectivity index (χ4n) is 3.44. The maximum atomic E-state index is 12.7. The lowest BCUT2D eigenvalue weighted by Gasteiger charge is -2.12. The zero-order valence-corrected chi connectivity index (χ0v) is 20.7. The molecule has 1 N–H and O–H groups in total. The Bertz CT molecular complexity index is 1370. The van der Waals surface area contributed by atoms with Gasteiger partial charge >= 0.3 is 5.97 Å². The van der Waals surface area contributed by atoms with Crippen LogP contribution in [0.4, 0.5) is 5.69 Å². The van der Waals surface area contributed by atoms with Crippen LogP contribution in [0.15, 0.2) is 60.2 Å². The first-order valence-electron chi connectivity index (χ1n) is 10.9. The third-order valence-electron chi connectivity index (χ3n) is 5.32. The third-order valence-corrected chi connectivity index (χ3v) is 5.32. The number of aryl methyl sites for hydroxylation is 2. The van der Waals surface area contributed by atoms with Gasteiger partial charge < -0.3 is 24.3 Å². The van der Waals surface area contributed by atoms with E-state index in [0.717, 1.165) is 11.1 Å². The summed E-state index contributed by atoms with van der Waals surface area (Å²) in [7, 11) is 4.40. The Hall–Kier alpha value is -4.77. The molecule has 1 amide bonds. The Kier molecular flexibility index (Phi) is 8.31. The number of benzene rings is 3. The van der Waals surface area contributed by atoms with E-state index in [-0.39, 0.29) is 22.6 Å². The number of hydrogen-bond donors (Lipinski definition) is 1. The molecule has 0 unspecified atom stereocenters.